The Hall–Kier alpha value is -4.50. The van der Waals surface area contributed by atoms with Gasteiger partial charge in [-0.15, -0.1) is 0 Å². The molecule has 0 bridgehead atoms. The van der Waals surface area contributed by atoms with E-state index in [1.54, 1.807) is 43.3 Å². The molecule has 3 aromatic carbocycles. The Morgan fingerprint density at radius 2 is 1.44 bits per heavy atom. The molecule has 0 unspecified atom stereocenters. The molecule has 0 radical (unpaired) electrons. The van der Waals surface area contributed by atoms with Crippen LogP contribution >= 0.6 is 11.6 Å². The summed E-state index contributed by atoms with van der Waals surface area (Å²) in [7, 11) is 0. The number of imide groups is 1. The second kappa shape index (κ2) is 10.4. The first-order chi connectivity index (χ1) is 17.3. The predicted molar refractivity (Wildman–Crippen MR) is 132 cm³/mol. The Bertz CT molecular complexity index is 1370. The monoisotopic (exact) mass is 507 g/mol. The number of ether oxygens (including phenoxy) is 1. The van der Waals surface area contributed by atoms with E-state index in [1.165, 1.54) is 24.3 Å². The Morgan fingerprint density at radius 3 is 2.06 bits per heavy atom. The van der Waals surface area contributed by atoms with E-state index in [9.17, 15) is 23.6 Å². The summed E-state index contributed by atoms with van der Waals surface area (Å²) in [6.45, 7) is 1.98. The third kappa shape index (κ3) is 5.11. The van der Waals surface area contributed by atoms with E-state index < -0.39 is 29.5 Å². The van der Waals surface area contributed by atoms with Crippen LogP contribution in [-0.2, 0) is 14.3 Å². The van der Waals surface area contributed by atoms with Crippen LogP contribution in [0.2, 0.25) is 0 Å². The van der Waals surface area contributed by atoms with E-state index in [0.717, 1.165) is 17.0 Å². The van der Waals surface area contributed by atoms with Gasteiger partial charge >= 0.3 is 5.97 Å². The van der Waals surface area contributed by atoms with Gasteiger partial charge in [0.25, 0.3) is 17.7 Å². The van der Waals surface area contributed by atoms with Crippen molar-refractivity contribution in [1.82, 2.24) is 0 Å². The molecule has 3 amide bonds. The van der Waals surface area contributed by atoms with Gasteiger partial charge in [0, 0.05) is 16.9 Å². The van der Waals surface area contributed by atoms with Crippen molar-refractivity contribution in [2.24, 2.45) is 0 Å². The molecule has 0 saturated heterocycles. The van der Waals surface area contributed by atoms with Crippen LogP contribution in [0.5, 0.6) is 0 Å². The van der Waals surface area contributed by atoms with Crippen molar-refractivity contribution < 1.29 is 28.3 Å². The highest BCUT2D eigenvalue weighted by Gasteiger charge is 2.38. The van der Waals surface area contributed by atoms with Crippen LogP contribution in [0, 0.1) is 5.82 Å². The summed E-state index contributed by atoms with van der Waals surface area (Å²) in [6, 6.07) is 17.3. The molecule has 0 atom stereocenters. The van der Waals surface area contributed by atoms with E-state index in [-0.39, 0.29) is 23.0 Å². The first kappa shape index (κ1) is 24.6. The molecule has 10 heteroatoms. The number of hydrogen-bond acceptors (Lipinski definition) is 6. The zero-order valence-electron chi connectivity index (χ0n) is 18.9. The zero-order valence-corrected chi connectivity index (χ0v) is 19.6. The third-order valence-electron chi connectivity index (χ3n) is 5.18. The molecule has 2 N–H and O–H groups in total. The molecule has 36 heavy (non-hydrogen) atoms. The summed E-state index contributed by atoms with van der Waals surface area (Å²) in [5.74, 6) is -2.77. The summed E-state index contributed by atoms with van der Waals surface area (Å²) >= 11 is 6.11. The number of carbonyl (C=O) groups excluding carboxylic acids is 4. The maximum Gasteiger partial charge on any atom is 0.338 e. The van der Waals surface area contributed by atoms with Crippen LogP contribution in [0.4, 0.5) is 21.5 Å². The number of esters is 1. The summed E-state index contributed by atoms with van der Waals surface area (Å²) in [4.78, 5) is 50.5. The van der Waals surface area contributed by atoms with Crippen molar-refractivity contribution in [3.05, 3.63) is 100 Å². The molecule has 0 spiro atoms. The van der Waals surface area contributed by atoms with Gasteiger partial charge in [-0.1, -0.05) is 11.6 Å². The maximum atomic E-state index is 13.2. The van der Waals surface area contributed by atoms with Gasteiger partial charge in [0.05, 0.1) is 17.9 Å². The number of amides is 3. The van der Waals surface area contributed by atoms with E-state index >= 15 is 0 Å². The summed E-state index contributed by atoms with van der Waals surface area (Å²) in [5, 5.41) is 5.23. The lowest BCUT2D eigenvalue weighted by atomic mass is 10.1. The van der Waals surface area contributed by atoms with Gasteiger partial charge in [-0.2, -0.15) is 0 Å². The van der Waals surface area contributed by atoms with Crippen molar-refractivity contribution in [2.45, 2.75) is 6.92 Å². The minimum absolute atomic E-state index is 0.134. The number of carbonyl (C=O) groups is 4. The number of anilines is 3. The quantitative estimate of drug-likeness (QED) is 0.355. The standard InChI is InChI=1S/C26H19ClFN3O5/c1-2-36-26(35)16-5-11-19(12-6-16)30-23(32)15-3-9-18(10-4-15)29-22-21(27)24(33)31(25(22)34)20-13-7-17(28)8-14-20/h3-14,29H,2H2,1H3,(H,30,32). The Kier molecular flexibility index (Phi) is 7.12. The van der Waals surface area contributed by atoms with Gasteiger partial charge in [0.15, 0.2) is 0 Å². The van der Waals surface area contributed by atoms with Crippen molar-refractivity contribution in [3.63, 3.8) is 0 Å². The molecule has 1 aliphatic rings. The highest BCUT2D eigenvalue weighted by Crippen LogP contribution is 2.30. The second-order valence-corrected chi connectivity index (χ2v) is 7.94. The number of halogens is 2. The largest absolute Gasteiger partial charge is 0.462 e. The Labute approximate surface area is 210 Å². The Morgan fingerprint density at radius 1 is 0.861 bits per heavy atom. The fourth-order valence-electron chi connectivity index (χ4n) is 3.39. The number of hydrogen-bond donors (Lipinski definition) is 2. The average molecular weight is 508 g/mol. The smallest absolute Gasteiger partial charge is 0.338 e. The molecule has 1 aliphatic heterocycles. The molecule has 0 saturated carbocycles. The lowest BCUT2D eigenvalue weighted by molar-refractivity contribution is -0.120. The van der Waals surface area contributed by atoms with Crippen LogP contribution in [-0.4, -0.2) is 30.3 Å². The number of nitrogens with zero attached hydrogens (tertiary/aromatic N) is 1. The molecule has 8 nitrogen and oxygen atoms in total. The molecule has 0 fully saturated rings. The van der Waals surface area contributed by atoms with E-state index in [0.29, 0.717) is 22.5 Å². The first-order valence-electron chi connectivity index (χ1n) is 10.8. The van der Waals surface area contributed by atoms with Gasteiger partial charge in [-0.05, 0) is 79.7 Å². The highest BCUT2D eigenvalue weighted by molar-refractivity contribution is 6.53. The van der Waals surface area contributed by atoms with Crippen LogP contribution < -0.4 is 15.5 Å². The fourth-order valence-corrected chi connectivity index (χ4v) is 3.61. The molecule has 0 aliphatic carbocycles. The van der Waals surface area contributed by atoms with Gasteiger partial charge in [-0.25, -0.2) is 14.1 Å². The molecule has 182 valence electrons. The van der Waals surface area contributed by atoms with Crippen molar-refractivity contribution >= 4 is 52.4 Å². The SMILES string of the molecule is CCOC(=O)c1ccc(NC(=O)c2ccc(NC3=C(Cl)C(=O)N(c4ccc(F)cc4)C3=O)cc2)cc1. The third-order valence-corrected chi connectivity index (χ3v) is 5.53. The number of nitrogens with one attached hydrogen (secondary N) is 2. The minimum atomic E-state index is -0.735. The molecular formula is C26H19ClFN3O5. The first-order valence-corrected chi connectivity index (χ1v) is 11.2. The normalized spacial score (nSPS) is 13.1. The zero-order chi connectivity index (χ0) is 25.8. The van der Waals surface area contributed by atoms with E-state index in [2.05, 4.69) is 10.6 Å². The number of rotatable bonds is 7. The summed E-state index contributed by atoms with van der Waals surface area (Å²) in [5.41, 5.74) is 1.66. The highest BCUT2D eigenvalue weighted by atomic mass is 35.5. The van der Waals surface area contributed by atoms with Gasteiger partial charge < -0.3 is 15.4 Å². The molecule has 4 rings (SSSR count). The van der Waals surface area contributed by atoms with Crippen LogP contribution in [0.1, 0.15) is 27.6 Å². The second-order valence-electron chi connectivity index (χ2n) is 7.57. The maximum absolute atomic E-state index is 13.2. The average Bonchev–Trinajstić information content (AvgIpc) is 3.08. The van der Waals surface area contributed by atoms with Crippen molar-refractivity contribution in [1.29, 1.82) is 0 Å². The summed E-state index contributed by atoms with van der Waals surface area (Å²) in [6.07, 6.45) is 0. The van der Waals surface area contributed by atoms with Gasteiger partial charge in [-0.3, -0.25) is 14.4 Å². The molecule has 1 heterocycles. The lowest BCUT2D eigenvalue weighted by Gasteiger charge is -2.15. The molecular weight excluding hydrogens is 489 g/mol. The predicted octanol–water partition coefficient (Wildman–Crippen LogP) is 4.69. The molecule has 3 aromatic rings. The van der Waals surface area contributed by atoms with E-state index in [4.69, 9.17) is 16.3 Å². The van der Waals surface area contributed by atoms with Crippen LogP contribution in [0.15, 0.2) is 83.5 Å². The molecule has 0 aromatic heterocycles. The topological polar surface area (TPSA) is 105 Å². The van der Waals surface area contributed by atoms with E-state index in [1.807, 2.05) is 0 Å². The van der Waals surface area contributed by atoms with Crippen molar-refractivity contribution in [3.8, 4) is 0 Å². The van der Waals surface area contributed by atoms with Crippen LogP contribution in [0.25, 0.3) is 0 Å². The van der Waals surface area contributed by atoms with Gasteiger partial charge in [0.1, 0.15) is 16.5 Å². The van der Waals surface area contributed by atoms with Crippen LogP contribution in [0.3, 0.4) is 0 Å². The summed E-state index contributed by atoms with van der Waals surface area (Å²) < 4.78 is 18.1. The fraction of sp³-hybridized carbons (Fsp3) is 0.0769. The Balaban J connectivity index is 1.42. The number of benzene rings is 3. The van der Waals surface area contributed by atoms with Gasteiger partial charge in [0.2, 0.25) is 0 Å². The minimum Gasteiger partial charge on any atom is -0.462 e. The lowest BCUT2D eigenvalue weighted by Crippen LogP contribution is -2.32. The van der Waals surface area contributed by atoms with Crippen molar-refractivity contribution in [2.75, 3.05) is 22.1 Å².